The average Bonchev–Trinajstić information content (AvgIpc) is 2.89. The summed E-state index contributed by atoms with van der Waals surface area (Å²) in [6.45, 7) is 0. The van der Waals surface area contributed by atoms with Gasteiger partial charge >= 0.3 is 0 Å². The van der Waals surface area contributed by atoms with Crippen molar-refractivity contribution in [3.05, 3.63) is 64.1 Å². The summed E-state index contributed by atoms with van der Waals surface area (Å²) in [6.07, 6.45) is 2.39. The van der Waals surface area contributed by atoms with Crippen molar-refractivity contribution in [2.45, 2.75) is 25.2 Å². The van der Waals surface area contributed by atoms with Gasteiger partial charge in [0.15, 0.2) is 0 Å². The van der Waals surface area contributed by atoms with Gasteiger partial charge in [0.05, 0.1) is 27.6 Å². The lowest BCUT2D eigenvalue weighted by molar-refractivity contribution is -0.122. The second-order valence-corrected chi connectivity index (χ2v) is 7.56. The van der Waals surface area contributed by atoms with Crippen LogP contribution < -0.4 is 4.90 Å². The first-order chi connectivity index (χ1) is 12.1. The van der Waals surface area contributed by atoms with Gasteiger partial charge in [-0.05, 0) is 48.9 Å². The number of amides is 2. The van der Waals surface area contributed by atoms with E-state index in [1.165, 1.54) is 10.5 Å². The smallest absolute Gasteiger partial charge is 0.237 e. The van der Waals surface area contributed by atoms with Crippen molar-refractivity contribution in [3.8, 4) is 0 Å². The van der Waals surface area contributed by atoms with Crippen LogP contribution in [-0.2, 0) is 9.59 Å². The molecule has 2 aliphatic rings. The van der Waals surface area contributed by atoms with Gasteiger partial charge in [0.25, 0.3) is 0 Å². The predicted molar refractivity (Wildman–Crippen MR) is 99.0 cm³/mol. The summed E-state index contributed by atoms with van der Waals surface area (Å²) in [7, 11) is 0. The highest BCUT2D eigenvalue weighted by atomic mass is 35.5. The molecule has 0 unspecified atom stereocenters. The highest BCUT2D eigenvalue weighted by molar-refractivity contribution is 6.42. The highest BCUT2D eigenvalue weighted by Crippen LogP contribution is 2.46. The molecule has 2 amide bonds. The maximum Gasteiger partial charge on any atom is 0.237 e. The van der Waals surface area contributed by atoms with E-state index in [9.17, 15) is 9.59 Å². The van der Waals surface area contributed by atoms with Crippen molar-refractivity contribution >= 4 is 40.7 Å². The standard InChI is InChI=1S/C20H17Cl2NO2/c21-17-9-7-14(11-18(17)22)23-19(24)15-8-6-13(10-16(15)20(23)25)12-4-2-1-3-5-12/h1-5,7,9,11,13,15-16H,6,8,10H2/t13-,15-,16-/m1/s1. The Morgan fingerprint density at radius 1 is 0.840 bits per heavy atom. The Morgan fingerprint density at radius 2 is 1.56 bits per heavy atom. The lowest BCUT2D eigenvalue weighted by atomic mass is 9.73. The van der Waals surface area contributed by atoms with Crippen molar-refractivity contribution < 1.29 is 9.59 Å². The van der Waals surface area contributed by atoms with Crippen LogP contribution in [0, 0.1) is 11.8 Å². The van der Waals surface area contributed by atoms with Gasteiger partial charge in [-0.3, -0.25) is 14.5 Å². The number of hydrogen-bond acceptors (Lipinski definition) is 2. The number of fused-ring (bicyclic) bond motifs is 1. The van der Waals surface area contributed by atoms with Gasteiger partial charge < -0.3 is 0 Å². The lowest BCUT2D eigenvalue weighted by Crippen LogP contribution is -2.30. The average molecular weight is 374 g/mol. The van der Waals surface area contributed by atoms with Gasteiger partial charge in [-0.1, -0.05) is 53.5 Å². The fraction of sp³-hybridized carbons (Fsp3) is 0.300. The molecule has 3 atom stereocenters. The number of nitrogens with zero attached hydrogens (tertiary/aromatic N) is 1. The first kappa shape index (κ1) is 16.6. The van der Waals surface area contributed by atoms with Crippen LogP contribution in [0.2, 0.25) is 10.0 Å². The second-order valence-electron chi connectivity index (χ2n) is 6.74. The van der Waals surface area contributed by atoms with E-state index < -0.39 is 0 Å². The van der Waals surface area contributed by atoms with Gasteiger partial charge in [0, 0.05) is 0 Å². The lowest BCUT2D eigenvalue weighted by Gasteiger charge is -2.28. The number of carbonyl (C=O) groups is 2. The summed E-state index contributed by atoms with van der Waals surface area (Å²) in [4.78, 5) is 27.1. The Morgan fingerprint density at radius 3 is 2.28 bits per heavy atom. The minimum atomic E-state index is -0.249. The Balaban J connectivity index is 1.61. The number of halogens is 2. The molecule has 0 radical (unpaired) electrons. The molecule has 4 rings (SSSR count). The van der Waals surface area contributed by atoms with E-state index in [1.807, 2.05) is 18.2 Å². The predicted octanol–water partition coefficient (Wildman–Crippen LogP) is 5.07. The van der Waals surface area contributed by atoms with Crippen molar-refractivity contribution in [2.24, 2.45) is 11.8 Å². The van der Waals surface area contributed by atoms with Crippen LogP contribution >= 0.6 is 23.2 Å². The van der Waals surface area contributed by atoms with Gasteiger partial charge in [-0.2, -0.15) is 0 Å². The zero-order chi connectivity index (χ0) is 17.6. The molecule has 5 heteroatoms. The first-order valence-corrected chi connectivity index (χ1v) is 9.19. The second kappa shape index (κ2) is 6.47. The normalized spacial score (nSPS) is 26.0. The van der Waals surface area contributed by atoms with Crippen LogP contribution in [-0.4, -0.2) is 11.8 Å². The SMILES string of the molecule is O=C1[C@@H]2CC[C@@H](c3ccccc3)C[C@H]2C(=O)N1c1ccc(Cl)c(Cl)c1. The number of carbonyl (C=O) groups excluding carboxylic acids is 2. The fourth-order valence-electron chi connectivity index (χ4n) is 4.09. The number of rotatable bonds is 2. The molecule has 2 aromatic carbocycles. The number of hydrogen-bond donors (Lipinski definition) is 0. The van der Waals surface area contributed by atoms with Gasteiger partial charge in [0.1, 0.15) is 0 Å². The molecule has 0 N–H and O–H groups in total. The minimum Gasteiger partial charge on any atom is -0.274 e. The summed E-state index contributed by atoms with van der Waals surface area (Å²) in [6, 6.07) is 15.1. The molecule has 2 aromatic rings. The van der Waals surface area contributed by atoms with E-state index in [0.717, 1.165) is 19.3 Å². The van der Waals surface area contributed by atoms with Crippen LogP contribution in [0.1, 0.15) is 30.7 Å². The Bertz CT molecular complexity index is 837. The zero-order valence-corrected chi connectivity index (χ0v) is 15.0. The quantitative estimate of drug-likeness (QED) is 0.689. The molecule has 0 spiro atoms. The molecule has 1 aliphatic heterocycles. The molecule has 25 heavy (non-hydrogen) atoms. The van der Waals surface area contributed by atoms with Crippen molar-refractivity contribution in [1.29, 1.82) is 0 Å². The summed E-state index contributed by atoms with van der Waals surface area (Å²) in [5.41, 5.74) is 1.75. The van der Waals surface area contributed by atoms with Crippen LogP contribution in [0.4, 0.5) is 5.69 Å². The van der Waals surface area contributed by atoms with E-state index in [2.05, 4.69) is 12.1 Å². The van der Waals surface area contributed by atoms with Crippen LogP contribution in [0.5, 0.6) is 0 Å². The van der Waals surface area contributed by atoms with Crippen molar-refractivity contribution in [1.82, 2.24) is 0 Å². The Hall–Kier alpha value is -1.84. The third-order valence-corrected chi connectivity index (χ3v) is 6.10. The molecule has 0 aromatic heterocycles. The first-order valence-electron chi connectivity index (χ1n) is 8.44. The maximum absolute atomic E-state index is 13.0. The minimum absolute atomic E-state index is 0.111. The van der Waals surface area contributed by atoms with Gasteiger partial charge in [0.2, 0.25) is 11.8 Å². The number of benzene rings is 2. The summed E-state index contributed by atoms with van der Waals surface area (Å²) in [5.74, 6) is -0.371. The topological polar surface area (TPSA) is 37.4 Å². The maximum atomic E-state index is 13.0. The molecular formula is C20H17Cl2NO2. The third-order valence-electron chi connectivity index (χ3n) is 5.36. The molecule has 2 fully saturated rings. The summed E-state index contributed by atoms with van der Waals surface area (Å²) < 4.78 is 0. The molecule has 3 nitrogen and oxygen atoms in total. The monoisotopic (exact) mass is 373 g/mol. The van der Waals surface area contributed by atoms with Gasteiger partial charge in [-0.15, -0.1) is 0 Å². The van der Waals surface area contributed by atoms with E-state index in [-0.39, 0.29) is 23.7 Å². The highest BCUT2D eigenvalue weighted by Gasteiger charge is 2.50. The molecule has 1 heterocycles. The third kappa shape index (κ3) is 2.86. The van der Waals surface area contributed by atoms with Crippen LogP contribution in [0.15, 0.2) is 48.5 Å². The van der Waals surface area contributed by atoms with E-state index in [0.29, 0.717) is 21.7 Å². The van der Waals surface area contributed by atoms with Crippen molar-refractivity contribution in [3.63, 3.8) is 0 Å². The molecule has 0 bridgehead atoms. The fourth-order valence-corrected chi connectivity index (χ4v) is 4.38. The molecule has 1 aliphatic carbocycles. The Labute approximate surface area is 156 Å². The molecular weight excluding hydrogens is 357 g/mol. The number of anilines is 1. The molecule has 128 valence electrons. The molecule has 1 saturated carbocycles. The van der Waals surface area contributed by atoms with Crippen LogP contribution in [0.25, 0.3) is 0 Å². The summed E-state index contributed by atoms with van der Waals surface area (Å²) >= 11 is 12.0. The van der Waals surface area contributed by atoms with E-state index >= 15 is 0 Å². The number of imide groups is 1. The summed E-state index contributed by atoms with van der Waals surface area (Å²) in [5, 5.41) is 0.753. The van der Waals surface area contributed by atoms with E-state index in [4.69, 9.17) is 23.2 Å². The van der Waals surface area contributed by atoms with Crippen molar-refractivity contribution in [2.75, 3.05) is 4.90 Å². The molecule has 1 saturated heterocycles. The largest absolute Gasteiger partial charge is 0.274 e. The van der Waals surface area contributed by atoms with Gasteiger partial charge in [-0.25, -0.2) is 0 Å². The van der Waals surface area contributed by atoms with E-state index in [1.54, 1.807) is 18.2 Å². The Kier molecular flexibility index (Phi) is 4.30. The zero-order valence-electron chi connectivity index (χ0n) is 13.5. The van der Waals surface area contributed by atoms with Crippen LogP contribution in [0.3, 0.4) is 0 Å².